The van der Waals surface area contributed by atoms with Gasteiger partial charge in [-0.05, 0) is 42.8 Å². The Kier molecular flexibility index (Phi) is 5.19. The number of amides is 1. The molecular weight excluding hydrogens is 398 g/mol. The number of nitrogens with zero attached hydrogens (tertiary/aromatic N) is 3. The quantitative estimate of drug-likeness (QED) is 0.529. The summed E-state index contributed by atoms with van der Waals surface area (Å²) in [7, 11) is 0. The van der Waals surface area contributed by atoms with E-state index in [4.69, 9.17) is 18.7 Å². The van der Waals surface area contributed by atoms with Crippen molar-refractivity contribution in [1.29, 1.82) is 0 Å². The van der Waals surface area contributed by atoms with Crippen molar-refractivity contribution in [2.24, 2.45) is 0 Å². The van der Waals surface area contributed by atoms with E-state index in [2.05, 4.69) is 17.1 Å². The van der Waals surface area contributed by atoms with E-state index in [9.17, 15) is 4.79 Å². The van der Waals surface area contributed by atoms with Crippen molar-refractivity contribution in [3.8, 4) is 28.7 Å². The zero-order chi connectivity index (χ0) is 21.2. The largest absolute Gasteiger partial charge is 0.494 e. The summed E-state index contributed by atoms with van der Waals surface area (Å²) in [5.74, 6) is 3.02. The average Bonchev–Trinajstić information content (AvgIpc) is 3.53. The highest BCUT2D eigenvalue weighted by Crippen LogP contribution is 2.38. The number of aromatic nitrogens is 2. The van der Waals surface area contributed by atoms with Crippen LogP contribution in [-0.4, -0.2) is 36.0 Å². The molecule has 1 atom stereocenters. The van der Waals surface area contributed by atoms with Crippen LogP contribution in [0.25, 0.3) is 11.5 Å². The molecule has 8 heteroatoms. The molecule has 3 aromatic rings. The van der Waals surface area contributed by atoms with E-state index in [-0.39, 0.29) is 18.6 Å². The first-order chi connectivity index (χ1) is 15.2. The summed E-state index contributed by atoms with van der Waals surface area (Å²) in [6, 6.07) is 13.1. The first-order valence-corrected chi connectivity index (χ1v) is 10.5. The van der Waals surface area contributed by atoms with Gasteiger partial charge in [-0.15, -0.1) is 0 Å². The Morgan fingerprint density at radius 2 is 1.97 bits per heavy atom. The normalized spacial score (nSPS) is 17.4. The molecule has 1 fully saturated rings. The van der Waals surface area contributed by atoms with Gasteiger partial charge in [-0.3, -0.25) is 4.79 Å². The minimum absolute atomic E-state index is 0.0174. The van der Waals surface area contributed by atoms with Crippen LogP contribution in [0.5, 0.6) is 17.2 Å². The third-order valence-corrected chi connectivity index (χ3v) is 5.47. The topological polar surface area (TPSA) is 86.9 Å². The van der Waals surface area contributed by atoms with Gasteiger partial charge in [0.2, 0.25) is 12.7 Å². The Balaban J connectivity index is 1.27. The standard InChI is InChI=1S/C23H23N3O5/c1-2-3-10-28-18-7-4-15(5-8-18)23-24-22(25-31-23)16-11-21(27)26(13-16)17-6-9-19-20(12-17)30-14-29-19/h4-9,12,16H,2-3,10-11,13-14H2,1H3. The second-order valence-electron chi connectivity index (χ2n) is 7.63. The predicted molar refractivity (Wildman–Crippen MR) is 112 cm³/mol. The first-order valence-electron chi connectivity index (χ1n) is 10.5. The molecule has 31 heavy (non-hydrogen) atoms. The number of benzene rings is 2. The minimum atomic E-state index is -0.132. The summed E-state index contributed by atoms with van der Waals surface area (Å²) >= 11 is 0. The smallest absolute Gasteiger partial charge is 0.257 e. The second kappa shape index (κ2) is 8.29. The number of hydrogen-bond donors (Lipinski definition) is 0. The lowest BCUT2D eigenvalue weighted by Gasteiger charge is -2.16. The van der Waals surface area contributed by atoms with Crippen LogP contribution in [0.15, 0.2) is 47.0 Å². The van der Waals surface area contributed by atoms with Gasteiger partial charge in [0, 0.05) is 36.2 Å². The van der Waals surface area contributed by atoms with Crippen LogP contribution in [0.1, 0.15) is 37.9 Å². The fourth-order valence-corrected chi connectivity index (χ4v) is 3.73. The number of rotatable bonds is 7. The van der Waals surface area contributed by atoms with Crippen LogP contribution in [0.2, 0.25) is 0 Å². The monoisotopic (exact) mass is 421 g/mol. The van der Waals surface area contributed by atoms with E-state index in [1.807, 2.05) is 42.5 Å². The van der Waals surface area contributed by atoms with Gasteiger partial charge in [-0.25, -0.2) is 0 Å². The molecule has 160 valence electrons. The average molecular weight is 421 g/mol. The minimum Gasteiger partial charge on any atom is -0.494 e. The molecule has 1 saturated heterocycles. The maximum atomic E-state index is 12.6. The number of ether oxygens (including phenoxy) is 3. The van der Waals surface area contributed by atoms with E-state index in [0.29, 0.717) is 42.8 Å². The molecule has 0 aliphatic carbocycles. The molecule has 8 nitrogen and oxygen atoms in total. The summed E-state index contributed by atoms with van der Waals surface area (Å²) in [4.78, 5) is 18.9. The third kappa shape index (κ3) is 3.93. The molecule has 1 amide bonds. The van der Waals surface area contributed by atoms with E-state index < -0.39 is 0 Å². The van der Waals surface area contributed by atoms with Crippen molar-refractivity contribution >= 4 is 11.6 Å². The molecule has 1 unspecified atom stereocenters. The summed E-state index contributed by atoms with van der Waals surface area (Å²) in [5, 5.41) is 4.14. The molecule has 2 aliphatic rings. The third-order valence-electron chi connectivity index (χ3n) is 5.47. The Morgan fingerprint density at radius 3 is 2.81 bits per heavy atom. The zero-order valence-corrected chi connectivity index (χ0v) is 17.2. The van der Waals surface area contributed by atoms with Gasteiger partial charge in [-0.1, -0.05) is 18.5 Å². The lowest BCUT2D eigenvalue weighted by atomic mass is 10.1. The Labute approximate surface area is 179 Å². The van der Waals surface area contributed by atoms with E-state index in [1.54, 1.807) is 4.90 Å². The molecule has 2 aromatic carbocycles. The molecule has 3 heterocycles. The van der Waals surface area contributed by atoms with Crippen LogP contribution in [0, 0.1) is 0 Å². The van der Waals surface area contributed by atoms with Crippen LogP contribution in [-0.2, 0) is 4.79 Å². The van der Waals surface area contributed by atoms with Gasteiger partial charge in [0.15, 0.2) is 17.3 Å². The SMILES string of the molecule is CCCCOc1ccc(-c2nc(C3CC(=O)N(c4ccc5c(c4)OCO5)C3)no2)cc1. The van der Waals surface area contributed by atoms with Crippen molar-refractivity contribution in [2.75, 3.05) is 24.8 Å². The highest BCUT2D eigenvalue weighted by atomic mass is 16.7. The molecule has 5 rings (SSSR count). The molecule has 2 aliphatic heterocycles. The zero-order valence-electron chi connectivity index (χ0n) is 17.2. The number of carbonyl (C=O) groups excluding carboxylic acids is 1. The van der Waals surface area contributed by atoms with Crippen molar-refractivity contribution in [1.82, 2.24) is 10.1 Å². The van der Waals surface area contributed by atoms with Crippen molar-refractivity contribution < 1.29 is 23.5 Å². The summed E-state index contributed by atoms with van der Waals surface area (Å²) in [5.41, 5.74) is 1.60. The van der Waals surface area contributed by atoms with Gasteiger partial charge < -0.3 is 23.6 Å². The number of anilines is 1. The second-order valence-corrected chi connectivity index (χ2v) is 7.63. The van der Waals surface area contributed by atoms with E-state index >= 15 is 0 Å². The first kappa shape index (κ1) is 19.4. The predicted octanol–water partition coefficient (Wildman–Crippen LogP) is 4.16. The summed E-state index contributed by atoms with van der Waals surface area (Å²) in [6.45, 7) is 3.52. The van der Waals surface area contributed by atoms with Gasteiger partial charge in [-0.2, -0.15) is 4.98 Å². The Morgan fingerprint density at radius 1 is 1.13 bits per heavy atom. The number of fused-ring (bicyclic) bond motifs is 1. The fourth-order valence-electron chi connectivity index (χ4n) is 3.73. The highest BCUT2D eigenvalue weighted by Gasteiger charge is 2.35. The highest BCUT2D eigenvalue weighted by molar-refractivity contribution is 5.96. The molecule has 0 saturated carbocycles. The van der Waals surface area contributed by atoms with Crippen molar-refractivity contribution in [2.45, 2.75) is 32.1 Å². The lowest BCUT2D eigenvalue weighted by Crippen LogP contribution is -2.24. The molecule has 0 bridgehead atoms. The lowest BCUT2D eigenvalue weighted by molar-refractivity contribution is -0.117. The van der Waals surface area contributed by atoms with E-state index in [1.165, 1.54) is 0 Å². The van der Waals surface area contributed by atoms with Gasteiger partial charge in [0.25, 0.3) is 5.89 Å². The summed E-state index contributed by atoms with van der Waals surface area (Å²) in [6.07, 6.45) is 2.45. The Bertz CT molecular complexity index is 1080. The molecule has 0 N–H and O–H groups in total. The number of carbonyl (C=O) groups is 1. The van der Waals surface area contributed by atoms with Crippen molar-refractivity contribution in [3.63, 3.8) is 0 Å². The number of unbranched alkanes of at least 4 members (excludes halogenated alkanes) is 1. The van der Waals surface area contributed by atoms with Gasteiger partial charge >= 0.3 is 0 Å². The Hall–Kier alpha value is -3.55. The maximum absolute atomic E-state index is 12.6. The van der Waals surface area contributed by atoms with Crippen LogP contribution >= 0.6 is 0 Å². The van der Waals surface area contributed by atoms with Crippen molar-refractivity contribution in [3.05, 3.63) is 48.3 Å². The summed E-state index contributed by atoms with van der Waals surface area (Å²) < 4.78 is 21.9. The maximum Gasteiger partial charge on any atom is 0.257 e. The van der Waals surface area contributed by atoms with Crippen LogP contribution < -0.4 is 19.1 Å². The van der Waals surface area contributed by atoms with Gasteiger partial charge in [0.1, 0.15) is 5.75 Å². The van der Waals surface area contributed by atoms with Crippen LogP contribution in [0.4, 0.5) is 5.69 Å². The molecular formula is C23H23N3O5. The van der Waals surface area contributed by atoms with E-state index in [0.717, 1.165) is 29.8 Å². The van der Waals surface area contributed by atoms with Gasteiger partial charge in [0.05, 0.1) is 6.61 Å². The number of hydrogen-bond acceptors (Lipinski definition) is 7. The molecule has 0 radical (unpaired) electrons. The molecule has 0 spiro atoms. The van der Waals surface area contributed by atoms with Crippen LogP contribution in [0.3, 0.4) is 0 Å². The molecule has 1 aromatic heterocycles. The fraction of sp³-hybridized carbons (Fsp3) is 0.348.